The second-order valence-corrected chi connectivity index (χ2v) is 14.0. The van der Waals surface area contributed by atoms with E-state index in [0.717, 1.165) is 11.3 Å². The third-order valence-corrected chi connectivity index (χ3v) is 10.7. The van der Waals surface area contributed by atoms with E-state index in [2.05, 4.69) is 198 Å². The first-order chi connectivity index (χ1) is 26.7. The number of hydrogen-bond acceptors (Lipinski definition) is 1. The second-order valence-electron chi connectivity index (χ2n) is 14.0. The molecule has 2 heterocycles. The van der Waals surface area contributed by atoms with Crippen molar-refractivity contribution in [1.82, 2.24) is 9.55 Å². The molecule has 2 heteroatoms. The third kappa shape index (κ3) is 5.39. The summed E-state index contributed by atoms with van der Waals surface area (Å²) in [5.41, 5.74) is 9.70. The molecule has 0 unspecified atom stereocenters. The summed E-state index contributed by atoms with van der Waals surface area (Å²) in [6.07, 6.45) is 1.85. The highest BCUT2D eigenvalue weighted by Crippen LogP contribution is 2.39. The molecule has 0 radical (unpaired) electrons. The lowest BCUT2D eigenvalue weighted by Crippen LogP contribution is -1.96. The Kier molecular flexibility index (Phi) is 7.74. The molecule has 11 aromatic rings. The maximum Gasteiger partial charge on any atom is 0.0702 e. The molecule has 0 saturated carbocycles. The third-order valence-electron chi connectivity index (χ3n) is 10.7. The number of nitrogens with zero attached hydrogens (tertiary/aromatic N) is 2. The zero-order valence-corrected chi connectivity index (χ0v) is 29.9. The fourth-order valence-corrected chi connectivity index (χ4v) is 8.16. The topological polar surface area (TPSA) is 17.8 Å². The minimum atomic E-state index is 0.995. The van der Waals surface area contributed by atoms with Crippen LogP contribution in [-0.4, -0.2) is 9.55 Å². The normalized spacial score (nSPS) is 11.4. The number of para-hydroxylation sites is 1. The highest BCUT2D eigenvalue weighted by molar-refractivity contribution is 6.19. The standard InChI is InChI=1S/C31H20N2.C21H16/c1-2-10-24-21(8-1)9-7-14-29(24)33-30-13-4-3-11-26(30)27-18-15-22-20-23(16-17-25(22)31(27)33)28-12-5-6-19-32-28;1-15-10-12-16(13-11-15)21-14-17-6-2-3-7-18(17)19-8-4-5-9-20(19)21/h1-20H;2-14H,1H3. The highest BCUT2D eigenvalue weighted by Gasteiger charge is 2.17. The molecule has 0 atom stereocenters. The van der Waals surface area contributed by atoms with Crippen LogP contribution in [0.5, 0.6) is 0 Å². The highest BCUT2D eigenvalue weighted by atomic mass is 15.0. The molecule has 0 N–H and O–H groups in total. The number of aryl methyl sites for hydroxylation is 1. The zero-order chi connectivity index (χ0) is 36.0. The lowest BCUT2D eigenvalue weighted by molar-refractivity contribution is 1.20. The molecule has 254 valence electrons. The lowest BCUT2D eigenvalue weighted by Gasteiger charge is -2.13. The van der Waals surface area contributed by atoms with Crippen molar-refractivity contribution in [3.63, 3.8) is 0 Å². The number of benzene rings is 9. The van der Waals surface area contributed by atoms with Gasteiger partial charge in [0.05, 0.1) is 22.4 Å². The van der Waals surface area contributed by atoms with Gasteiger partial charge in [-0.25, -0.2) is 0 Å². The van der Waals surface area contributed by atoms with Crippen molar-refractivity contribution < 1.29 is 0 Å². The summed E-state index contributed by atoms with van der Waals surface area (Å²) in [7, 11) is 0. The molecule has 0 amide bonds. The van der Waals surface area contributed by atoms with Crippen LogP contribution in [0.1, 0.15) is 5.56 Å². The summed E-state index contributed by atoms with van der Waals surface area (Å²) in [5.74, 6) is 0. The number of rotatable bonds is 3. The Morgan fingerprint density at radius 2 is 1.02 bits per heavy atom. The van der Waals surface area contributed by atoms with E-state index in [0.29, 0.717) is 0 Å². The molecule has 0 spiro atoms. The van der Waals surface area contributed by atoms with E-state index < -0.39 is 0 Å². The molecule has 54 heavy (non-hydrogen) atoms. The van der Waals surface area contributed by atoms with Gasteiger partial charge in [-0.1, -0.05) is 163 Å². The number of pyridine rings is 1. The van der Waals surface area contributed by atoms with E-state index in [1.165, 1.54) is 87.3 Å². The molecule has 9 aromatic carbocycles. The van der Waals surface area contributed by atoms with Gasteiger partial charge in [0.25, 0.3) is 0 Å². The number of fused-ring (bicyclic) bond motifs is 9. The Morgan fingerprint density at radius 1 is 0.389 bits per heavy atom. The molecule has 0 aliphatic carbocycles. The van der Waals surface area contributed by atoms with Crippen LogP contribution in [0.2, 0.25) is 0 Å². The van der Waals surface area contributed by atoms with Crippen molar-refractivity contribution in [2.75, 3.05) is 0 Å². The smallest absolute Gasteiger partial charge is 0.0702 e. The Bertz CT molecular complexity index is 3150. The van der Waals surface area contributed by atoms with Gasteiger partial charge in [0.15, 0.2) is 0 Å². The van der Waals surface area contributed by atoms with Crippen molar-refractivity contribution in [3.05, 3.63) is 206 Å². The maximum absolute atomic E-state index is 4.55. The van der Waals surface area contributed by atoms with Crippen molar-refractivity contribution in [2.45, 2.75) is 6.92 Å². The van der Waals surface area contributed by atoms with Crippen LogP contribution in [0.15, 0.2) is 200 Å². The van der Waals surface area contributed by atoms with E-state index in [-0.39, 0.29) is 0 Å². The Labute approximate surface area is 314 Å². The first-order valence-electron chi connectivity index (χ1n) is 18.5. The van der Waals surface area contributed by atoms with E-state index in [1.54, 1.807) is 0 Å². The zero-order valence-electron chi connectivity index (χ0n) is 29.9. The fraction of sp³-hybridized carbons (Fsp3) is 0.0192. The fourth-order valence-electron chi connectivity index (χ4n) is 8.16. The predicted octanol–water partition coefficient (Wildman–Crippen LogP) is 14.1. The summed E-state index contributed by atoms with van der Waals surface area (Å²) in [6, 6.07) is 69.6. The van der Waals surface area contributed by atoms with Crippen LogP contribution < -0.4 is 0 Å². The lowest BCUT2D eigenvalue weighted by atomic mass is 9.93. The Hall–Kier alpha value is -7.03. The summed E-state index contributed by atoms with van der Waals surface area (Å²) in [6.45, 7) is 2.13. The van der Waals surface area contributed by atoms with Crippen molar-refractivity contribution >= 4 is 64.9 Å². The summed E-state index contributed by atoms with van der Waals surface area (Å²) in [4.78, 5) is 4.55. The average molecular weight is 689 g/mol. The van der Waals surface area contributed by atoms with Gasteiger partial charge in [0.2, 0.25) is 0 Å². The second kappa shape index (κ2) is 13.2. The van der Waals surface area contributed by atoms with Crippen molar-refractivity contribution in [1.29, 1.82) is 0 Å². The van der Waals surface area contributed by atoms with Crippen molar-refractivity contribution in [3.8, 4) is 28.1 Å². The van der Waals surface area contributed by atoms with Crippen LogP contribution in [-0.2, 0) is 0 Å². The largest absolute Gasteiger partial charge is 0.308 e. The van der Waals surface area contributed by atoms with Gasteiger partial charge in [-0.2, -0.15) is 0 Å². The molecule has 2 nitrogen and oxygen atoms in total. The van der Waals surface area contributed by atoms with Crippen LogP contribution in [0.3, 0.4) is 0 Å². The molecular formula is C52H36N2. The van der Waals surface area contributed by atoms with Gasteiger partial charge in [0.1, 0.15) is 0 Å². The predicted molar refractivity (Wildman–Crippen MR) is 231 cm³/mol. The van der Waals surface area contributed by atoms with Crippen LogP contribution in [0.4, 0.5) is 0 Å². The van der Waals surface area contributed by atoms with Gasteiger partial charge >= 0.3 is 0 Å². The summed E-state index contributed by atoms with van der Waals surface area (Å²) in [5, 5.41) is 12.8. The molecule has 0 aliphatic rings. The Balaban J connectivity index is 0.000000148. The van der Waals surface area contributed by atoms with Gasteiger partial charge in [-0.3, -0.25) is 4.98 Å². The van der Waals surface area contributed by atoms with Gasteiger partial charge in [-0.15, -0.1) is 0 Å². The monoisotopic (exact) mass is 688 g/mol. The van der Waals surface area contributed by atoms with Gasteiger partial charge in [-0.05, 0) is 86.8 Å². The number of aromatic nitrogens is 2. The van der Waals surface area contributed by atoms with E-state index in [4.69, 9.17) is 0 Å². The Morgan fingerprint density at radius 3 is 1.83 bits per heavy atom. The minimum Gasteiger partial charge on any atom is -0.308 e. The first kappa shape index (κ1) is 31.7. The van der Waals surface area contributed by atoms with Crippen molar-refractivity contribution in [2.24, 2.45) is 0 Å². The number of hydrogen-bond donors (Lipinski definition) is 0. The molecule has 0 bridgehead atoms. The molecular weight excluding hydrogens is 653 g/mol. The minimum absolute atomic E-state index is 0.995. The first-order valence-corrected chi connectivity index (χ1v) is 18.5. The van der Waals surface area contributed by atoms with Gasteiger partial charge in [0, 0.05) is 33.3 Å². The quantitative estimate of drug-likeness (QED) is 0.169. The van der Waals surface area contributed by atoms with E-state index in [9.17, 15) is 0 Å². The summed E-state index contributed by atoms with van der Waals surface area (Å²) < 4.78 is 2.44. The SMILES string of the molecule is Cc1ccc(-c2cc3ccccc3c3ccccc23)cc1.c1ccc(-c2ccc3c(ccc4c5ccccc5n(-c5cccc6ccccc56)c34)c2)nc1. The summed E-state index contributed by atoms with van der Waals surface area (Å²) >= 11 is 0. The van der Waals surface area contributed by atoms with E-state index in [1.807, 2.05) is 18.3 Å². The molecule has 0 saturated heterocycles. The van der Waals surface area contributed by atoms with Crippen LogP contribution >= 0.6 is 0 Å². The van der Waals surface area contributed by atoms with Gasteiger partial charge < -0.3 is 4.57 Å². The van der Waals surface area contributed by atoms with Crippen LogP contribution in [0, 0.1) is 6.92 Å². The molecule has 0 fully saturated rings. The van der Waals surface area contributed by atoms with Crippen LogP contribution in [0.25, 0.3) is 93.0 Å². The molecule has 0 aliphatic heterocycles. The average Bonchev–Trinajstić information content (AvgIpc) is 3.58. The maximum atomic E-state index is 4.55. The molecule has 11 rings (SSSR count). The van der Waals surface area contributed by atoms with E-state index >= 15 is 0 Å². The molecule has 2 aromatic heterocycles.